The quantitative estimate of drug-likeness (QED) is 0.471. The fraction of sp³-hybridized carbons (Fsp3) is 0.778. The molecule has 2 nitrogen and oxygen atoms in total. The zero-order valence-electron chi connectivity index (χ0n) is 7.05. The predicted molar refractivity (Wildman–Crippen MR) is 47.7 cm³/mol. The van der Waals surface area contributed by atoms with Crippen LogP contribution in [0.3, 0.4) is 0 Å². The van der Waals surface area contributed by atoms with Gasteiger partial charge >= 0.3 is 0 Å². The second kappa shape index (κ2) is 5.33. The molecule has 63 valence electrons. The van der Waals surface area contributed by atoms with Gasteiger partial charge in [-0.2, -0.15) is 0 Å². The van der Waals surface area contributed by atoms with Gasteiger partial charge in [0.2, 0.25) is 0 Å². The maximum atomic E-state index is 4.50. The number of piperidine rings is 1. The molecule has 1 fully saturated rings. The van der Waals surface area contributed by atoms with Crippen LogP contribution in [0.1, 0.15) is 19.3 Å². The number of nitrogens with one attached hydrogen (secondary N) is 1. The Morgan fingerprint density at radius 1 is 1.55 bits per heavy atom. The van der Waals surface area contributed by atoms with E-state index in [0.29, 0.717) is 6.04 Å². The first kappa shape index (κ1) is 8.75. The Balaban J connectivity index is 2.00. The van der Waals surface area contributed by atoms with Gasteiger partial charge in [0.25, 0.3) is 0 Å². The van der Waals surface area contributed by atoms with E-state index in [4.69, 9.17) is 0 Å². The Hall–Kier alpha value is -0.340. The van der Waals surface area contributed by atoms with Gasteiger partial charge < -0.3 is 5.32 Å². The van der Waals surface area contributed by atoms with E-state index in [2.05, 4.69) is 17.2 Å². The Labute approximate surface area is 69.1 Å². The smallest absolute Gasteiger partial charge is 0.0370 e. The van der Waals surface area contributed by atoms with Gasteiger partial charge in [0.15, 0.2) is 0 Å². The SMILES string of the molecule is C=CCNCC1CCCC[N]1. The van der Waals surface area contributed by atoms with E-state index in [0.717, 1.165) is 19.6 Å². The summed E-state index contributed by atoms with van der Waals surface area (Å²) in [7, 11) is 0. The molecule has 0 saturated carbocycles. The van der Waals surface area contributed by atoms with Gasteiger partial charge in [-0.15, -0.1) is 6.58 Å². The van der Waals surface area contributed by atoms with Crippen LogP contribution >= 0.6 is 0 Å². The average molecular weight is 153 g/mol. The Morgan fingerprint density at radius 2 is 2.45 bits per heavy atom. The lowest BCUT2D eigenvalue weighted by molar-refractivity contribution is 0.380. The van der Waals surface area contributed by atoms with Crippen molar-refractivity contribution in [3.05, 3.63) is 12.7 Å². The molecule has 0 aromatic rings. The Bertz CT molecular complexity index is 106. The lowest BCUT2D eigenvalue weighted by Crippen LogP contribution is -2.37. The Kier molecular flexibility index (Phi) is 4.24. The Morgan fingerprint density at radius 3 is 3.09 bits per heavy atom. The number of nitrogens with zero attached hydrogens (tertiary/aromatic N) is 1. The lowest BCUT2D eigenvalue weighted by atomic mass is 10.1. The van der Waals surface area contributed by atoms with E-state index in [9.17, 15) is 0 Å². The molecular weight excluding hydrogens is 136 g/mol. The maximum absolute atomic E-state index is 4.50. The summed E-state index contributed by atoms with van der Waals surface area (Å²) in [5, 5.41) is 7.80. The molecule has 2 heteroatoms. The highest BCUT2D eigenvalue weighted by Gasteiger charge is 2.12. The molecule has 0 aromatic heterocycles. The van der Waals surface area contributed by atoms with Crippen molar-refractivity contribution in [2.24, 2.45) is 0 Å². The monoisotopic (exact) mass is 153 g/mol. The third kappa shape index (κ3) is 3.54. The van der Waals surface area contributed by atoms with Crippen LogP contribution in [0.2, 0.25) is 0 Å². The zero-order valence-corrected chi connectivity index (χ0v) is 7.05. The van der Waals surface area contributed by atoms with Crippen LogP contribution in [0.5, 0.6) is 0 Å². The first-order valence-electron chi connectivity index (χ1n) is 4.41. The number of hydrogen-bond donors (Lipinski definition) is 1. The summed E-state index contributed by atoms with van der Waals surface area (Å²) in [6.07, 6.45) is 5.80. The summed E-state index contributed by atoms with van der Waals surface area (Å²) < 4.78 is 0. The van der Waals surface area contributed by atoms with Crippen LogP contribution in [0.15, 0.2) is 12.7 Å². The average Bonchev–Trinajstić information content (AvgIpc) is 2.07. The number of rotatable bonds is 4. The molecule has 1 aliphatic rings. The highest BCUT2D eigenvalue weighted by atomic mass is 15.0. The van der Waals surface area contributed by atoms with Crippen molar-refractivity contribution >= 4 is 0 Å². The third-order valence-electron chi connectivity index (χ3n) is 2.00. The molecule has 1 aliphatic heterocycles. The van der Waals surface area contributed by atoms with Crippen LogP contribution in [0, 0.1) is 0 Å². The summed E-state index contributed by atoms with van der Waals surface area (Å²) in [5.74, 6) is 0. The van der Waals surface area contributed by atoms with Crippen LogP contribution in [-0.2, 0) is 0 Å². The van der Waals surface area contributed by atoms with Gasteiger partial charge in [-0.05, 0) is 12.8 Å². The molecule has 0 amide bonds. The maximum Gasteiger partial charge on any atom is 0.0370 e. The van der Waals surface area contributed by atoms with Gasteiger partial charge in [0.1, 0.15) is 0 Å². The van der Waals surface area contributed by atoms with Gasteiger partial charge in [-0.25, -0.2) is 5.32 Å². The van der Waals surface area contributed by atoms with Crippen LogP contribution in [0.25, 0.3) is 0 Å². The molecule has 0 aliphatic carbocycles. The molecule has 0 bridgehead atoms. The molecule has 0 aromatic carbocycles. The highest BCUT2D eigenvalue weighted by molar-refractivity contribution is 4.76. The highest BCUT2D eigenvalue weighted by Crippen LogP contribution is 2.06. The van der Waals surface area contributed by atoms with E-state index in [1.807, 2.05) is 6.08 Å². The molecule has 1 radical (unpaired) electrons. The second-order valence-electron chi connectivity index (χ2n) is 3.00. The molecular formula is C9H17N2. The predicted octanol–water partition coefficient (Wildman–Crippen LogP) is 0.919. The summed E-state index contributed by atoms with van der Waals surface area (Å²) >= 11 is 0. The van der Waals surface area contributed by atoms with E-state index in [1.54, 1.807) is 0 Å². The largest absolute Gasteiger partial charge is 0.312 e. The van der Waals surface area contributed by atoms with E-state index in [-0.39, 0.29) is 0 Å². The topological polar surface area (TPSA) is 26.1 Å². The zero-order chi connectivity index (χ0) is 7.94. The molecule has 1 rings (SSSR count). The van der Waals surface area contributed by atoms with Crippen LogP contribution < -0.4 is 10.6 Å². The summed E-state index contributed by atoms with van der Waals surface area (Å²) in [4.78, 5) is 0. The summed E-state index contributed by atoms with van der Waals surface area (Å²) in [6, 6.07) is 0.573. The minimum atomic E-state index is 0.573. The fourth-order valence-electron chi connectivity index (χ4n) is 1.38. The standard InChI is InChI=1S/C9H17N2/c1-2-6-10-8-9-5-3-4-7-11-9/h2,9-10H,1,3-8H2. The number of hydrogen-bond acceptors (Lipinski definition) is 1. The van der Waals surface area contributed by atoms with Gasteiger partial charge in [0.05, 0.1) is 0 Å². The van der Waals surface area contributed by atoms with Crippen molar-refractivity contribution in [3.8, 4) is 0 Å². The fourth-order valence-corrected chi connectivity index (χ4v) is 1.38. The molecule has 1 N–H and O–H groups in total. The molecule has 1 atom stereocenters. The van der Waals surface area contributed by atoms with E-state index < -0.39 is 0 Å². The summed E-state index contributed by atoms with van der Waals surface area (Å²) in [6.45, 7) is 6.66. The van der Waals surface area contributed by atoms with Crippen molar-refractivity contribution in [3.63, 3.8) is 0 Å². The molecule has 1 unspecified atom stereocenters. The van der Waals surface area contributed by atoms with Crippen LogP contribution in [-0.4, -0.2) is 25.7 Å². The normalized spacial score (nSPS) is 24.9. The van der Waals surface area contributed by atoms with Crippen molar-refractivity contribution < 1.29 is 0 Å². The molecule has 0 spiro atoms. The van der Waals surface area contributed by atoms with Gasteiger partial charge in [0, 0.05) is 25.7 Å². The van der Waals surface area contributed by atoms with Crippen molar-refractivity contribution in [2.45, 2.75) is 25.3 Å². The van der Waals surface area contributed by atoms with E-state index >= 15 is 0 Å². The van der Waals surface area contributed by atoms with Gasteiger partial charge in [-0.3, -0.25) is 0 Å². The van der Waals surface area contributed by atoms with Gasteiger partial charge in [-0.1, -0.05) is 12.5 Å². The molecule has 1 heterocycles. The van der Waals surface area contributed by atoms with E-state index in [1.165, 1.54) is 19.3 Å². The molecule has 1 saturated heterocycles. The lowest BCUT2D eigenvalue weighted by Gasteiger charge is -2.21. The second-order valence-corrected chi connectivity index (χ2v) is 3.00. The first-order chi connectivity index (χ1) is 5.43. The van der Waals surface area contributed by atoms with Crippen molar-refractivity contribution in [2.75, 3.05) is 19.6 Å². The van der Waals surface area contributed by atoms with Crippen molar-refractivity contribution in [1.29, 1.82) is 0 Å². The molecule has 11 heavy (non-hydrogen) atoms. The third-order valence-corrected chi connectivity index (χ3v) is 2.00. The van der Waals surface area contributed by atoms with Crippen molar-refractivity contribution in [1.82, 2.24) is 10.6 Å². The minimum absolute atomic E-state index is 0.573. The first-order valence-corrected chi connectivity index (χ1v) is 4.41. The minimum Gasteiger partial charge on any atom is -0.312 e. The van der Waals surface area contributed by atoms with Crippen LogP contribution in [0.4, 0.5) is 0 Å². The summed E-state index contributed by atoms with van der Waals surface area (Å²) in [5.41, 5.74) is 0.